The summed E-state index contributed by atoms with van der Waals surface area (Å²) >= 11 is 0. The van der Waals surface area contributed by atoms with Crippen molar-refractivity contribution in [3.05, 3.63) is 47.2 Å². The molecular weight excluding hydrogens is 233 g/mol. The number of aryl methyl sites for hydroxylation is 2. The maximum Gasteiger partial charge on any atom is 0.222 e. The summed E-state index contributed by atoms with van der Waals surface area (Å²) in [7, 11) is 0. The minimum atomic E-state index is -0.377. The second-order valence-corrected chi connectivity index (χ2v) is 3.95. The third-order valence-electron chi connectivity index (χ3n) is 2.41. The topological polar surface area (TPSA) is 61.0 Å². The number of hydrogen-bond donors (Lipinski definition) is 1. The first-order chi connectivity index (χ1) is 8.58. The van der Waals surface area contributed by atoms with E-state index in [1.54, 1.807) is 25.1 Å². The number of nitrogens with two attached hydrogens (primary N) is 1. The van der Waals surface area contributed by atoms with Crippen LogP contribution in [0.2, 0.25) is 0 Å². The van der Waals surface area contributed by atoms with Gasteiger partial charge in [0.25, 0.3) is 0 Å². The predicted molar refractivity (Wildman–Crippen MR) is 65.9 cm³/mol. The molecule has 1 aromatic heterocycles. The summed E-state index contributed by atoms with van der Waals surface area (Å²) in [4.78, 5) is 8.26. The quantitative estimate of drug-likeness (QED) is 0.905. The summed E-state index contributed by atoms with van der Waals surface area (Å²) in [5, 5.41) is 0. The van der Waals surface area contributed by atoms with Gasteiger partial charge in [0, 0.05) is 29.9 Å². The number of benzene rings is 1. The molecule has 0 aliphatic heterocycles. The normalized spacial score (nSPS) is 10.4. The van der Waals surface area contributed by atoms with E-state index in [9.17, 15) is 4.39 Å². The van der Waals surface area contributed by atoms with Crippen LogP contribution in [0.3, 0.4) is 0 Å². The predicted octanol–water partition coefficient (Wildman–Crippen LogP) is 2.48. The van der Waals surface area contributed by atoms with Crippen molar-refractivity contribution < 1.29 is 9.13 Å². The highest BCUT2D eigenvalue weighted by molar-refractivity contribution is 5.32. The third-order valence-corrected chi connectivity index (χ3v) is 2.41. The van der Waals surface area contributed by atoms with Gasteiger partial charge in [0.1, 0.15) is 17.4 Å². The van der Waals surface area contributed by atoms with Gasteiger partial charge in [-0.1, -0.05) is 6.07 Å². The summed E-state index contributed by atoms with van der Waals surface area (Å²) in [6, 6.07) is 6.26. The summed E-state index contributed by atoms with van der Waals surface area (Å²) in [6.07, 6.45) is 0. The molecule has 1 aromatic carbocycles. The summed E-state index contributed by atoms with van der Waals surface area (Å²) in [6.45, 7) is 3.79. The zero-order chi connectivity index (χ0) is 13.1. The van der Waals surface area contributed by atoms with Gasteiger partial charge in [-0.2, -0.15) is 4.98 Å². The number of nitrogens with zero attached hydrogens (tertiary/aromatic N) is 2. The maximum atomic E-state index is 13.5. The van der Waals surface area contributed by atoms with Gasteiger partial charge in [0.15, 0.2) is 0 Å². The Hall–Kier alpha value is -2.01. The van der Waals surface area contributed by atoms with E-state index in [4.69, 9.17) is 10.5 Å². The fraction of sp³-hybridized carbons (Fsp3) is 0.231. The molecule has 0 atom stereocenters. The van der Waals surface area contributed by atoms with E-state index in [1.165, 1.54) is 6.07 Å². The first kappa shape index (κ1) is 12.4. The molecule has 5 heteroatoms. The molecule has 94 valence electrons. The van der Waals surface area contributed by atoms with Gasteiger partial charge < -0.3 is 10.5 Å². The molecule has 0 spiro atoms. The molecule has 0 unspecified atom stereocenters. The first-order valence-electron chi connectivity index (χ1n) is 5.57. The van der Waals surface area contributed by atoms with Gasteiger partial charge in [0.05, 0.1) is 0 Å². The van der Waals surface area contributed by atoms with E-state index in [0.29, 0.717) is 23.0 Å². The Balaban J connectivity index is 2.25. The average Bonchev–Trinajstić information content (AvgIpc) is 2.27. The lowest BCUT2D eigenvalue weighted by atomic mass is 10.2. The Labute approximate surface area is 105 Å². The van der Waals surface area contributed by atoms with E-state index in [0.717, 1.165) is 5.69 Å². The first-order valence-corrected chi connectivity index (χ1v) is 5.57. The van der Waals surface area contributed by atoms with Crippen molar-refractivity contribution >= 4 is 0 Å². The summed E-state index contributed by atoms with van der Waals surface area (Å²) in [5.41, 5.74) is 6.65. The second-order valence-electron chi connectivity index (χ2n) is 3.95. The third kappa shape index (κ3) is 2.81. The van der Waals surface area contributed by atoms with E-state index < -0.39 is 0 Å². The molecule has 0 saturated carbocycles. The van der Waals surface area contributed by atoms with Crippen LogP contribution in [0.5, 0.6) is 11.6 Å². The van der Waals surface area contributed by atoms with Crippen molar-refractivity contribution in [3.8, 4) is 11.6 Å². The van der Waals surface area contributed by atoms with Crippen LogP contribution in [0.15, 0.2) is 24.3 Å². The zero-order valence-corrected chi connectivity index (χ0v) is 10.3. The number of hydrogen-bond acceptors (Lipinski definition) is 4. The molecule has 2 rings (SSSR count). The average molecular weight is 247 g/mol. The molecule has 0 radical (unpaired) electrons. The summed E-state index contributed by atoms with van der Waals surface area (Å²) in [5.74, 6) is 1.03. The molecule has 4 nitrogen and oxygen atoms in total. The number of aromatic nitrogens is 2. The van der Waals surface area contributed by atoms with E-state index >= 15 is 0 Å². The highest BCUT2D eigenvalue weighted by atomic mass is 19.1. The van der Waals surface area contributed by atoms with Crippen LogP contribution in [0.1, 0.15) is 17.1 Å². The SMILES string of the molecule is Cc1cc(Oc2ccc(CN)c(F)c2)nc(C)n1. The fourth-order valence-corrected chi connectivity index (χ4v) is 1.61. The molecule has 0 aliphatic carbocycles. The molecule has 0 bridgehead atoms. The minimum Gasteiger partial charge on any atom is -0.439 e. The van der Waals surface area contributed by atoms with Gasteiger partial charge in [0.2, 0.25) is 5.88 Å². The number of halogens is 1. The van der Waals surface area contributed by atoms with Gasteiger partial charge in [-0.25, -0.2) is 9.37 Å². The molecule has 2 N–H and O–H groups in total. The summed E-state index contributed by atoms with van der Waals surface area (Å²) < 4.78 is 19.0. The lowest BCUT2D eigenvalue weighted by molar-refractivity contribution is 0.453. The van der Waals surface area contributed by atoms with Crippen LogP contribution in [-0.4, -0.2) is 9.97 Å². The molecule has 1 heterocycles. The molecule has 0 amide bonds. The van der Waals surface area contributed by atoms with Crippen molar-refractivity contribution in [2.24, 2.45) is 5.73 Å². The fourth-order valence-electron chi connectivity index (χ4n) is 1.61. The van der Waals surface area contributed by atoms with Gasteiger partial charge in [-0.15, -0.1) is 0 Å². The molecule has 2 aromatic rings. The van der Waals surface area contributed by atoms with Crippen LogP contribution in [-0.2, 0) is 6.54 Å². The smallest absolute Gasteiger partial charge is 0.222 e. The largest absolute Gasteiger partial charge is 0.439 e. The molecule has 0 fully saturated rings. The van der Waals surface area contributed by atoms with Crippen molar-refractivity contribution in [1.29, 1.82) is 0 Å². The highest BCUT2D eigenvalue weighted by Crippen LogP contribution is 2.22. The molecule has 0 saturated heterocycles. The number of ether oxygens (including phenoxy) is 1. The van der Waals surface area contributed by atoms with E-state index in [2.05, 4.69) is 9.97 Å². The Morgan fingerprint density at radius 1 is 1.22 bits per heavy atom. The Morgan fingerprint density at radius 2 is 2.00 bits per heavy atom. The Kier molecular flexibility index (Phi) is 3.53. The van der Waals surface area contributed by atoms with Crippen LogP contribution in [0.25, 0.3) is 0 Å². The number of rotatable bonds is 3. The van der Waals surface area contributed by atoms with Crippen LogP contribution in [0.4, 0.5) is 4.39 Å². The van der Waals surface area contributed by atoms with Crippen LogP contribution >= 0.6 is 0 Å². The van der Waals surface area contributed by atoms with Crippen molar-refractivity contribution in [3.63, 3.8) is 0 Å². The lowest BCUT2D eigenvalue weighted by Gasteiger charge is -2.07. The van der Waals surface area contributed by atoms with Gasteiger partial charge in [-0.3, -0.25) is 0 Å². The van der Waals surface area contributed by atoms with Gasteiger partial charge in [-0.05, 0) is 19.9 Å². The Bertz CT molecular complexity index is 552. The van der Waals surface area contributed by atoms with Gasteiger partial charge >= 0.3 is 0 Å². The minimum absolute atomic E-state index is 0.165. The van der Waals surface area contributed by atoms with Crippen molar-refractivity contribution in [2.75, 3.05) is 0 Å². The molecule has 0 aliphatic rings. The van der Waals surface area contributed by atoms with Crippen molar-refractivity contribution in [1.82, 2.24) is 9.97 Å². The Morgan fingerprint density at radius 3 is 2.61 bits per heavy atom. The zero-order valence-electron chi connectivity index (χ0n) is 10.3. The molecule has 18 heavy (non-hydrogen) atoms. The van der Waals surface area contributed by atoms with E-state index in [1.807, 2.05) is 6.92 Å². The lowest BCUT2D eigenvalue weighted by Crippen LogP contribution is -2.00. The standard InChI is InChI=1S/C13H14FN3O/c1-8-5-13(17-9(2)16-8)18-11-4-3-10(7-15)12(14)6-11/h3-6H,7,15H2,1-2H3. The second kappa shape index (κ2) is 5.10. The van der Waals surface area contributed by atoms with Crippen LogP contribution < -0.4 is 10.5 Å². The molecular formula is C13H14FN3O. The maximum absolute atomic E-state index is 13.5. The highest BCUT2D eigenvalue weighted by Gasteiger charge is 2.05. The monoisotopic (exact) mass is 247 g/mol. The van der Waals surface area contributed by atoms with Crippen molar-refractivity contribution in [2.45, 2.75) is 20.4 Å². The van der Waals surface area contributed by atoms with Crippen LogP contribution in [0, 0.1) is 19.7 Å². The van der Waals surface area contributed by atoms with E-state index in [-0.39, 0.29) is 12.4 Å².